The number of anilines is 2. The number of para-hydroxylation sites is 1. The molecule has 5 nitrogen and oxygen atoms in total. The van der Waals surface area contributed by atoms with Gasteiger partial charge in [0.05, 0.1) is 0 Å². The molecule has 0 saturated carbocycles. The number of sulfone groups is 1. The molecule has 1 aromatic heterocycles. The molecule has 0 N–H and O–H groups in total. The summed E-state index contributed by atoms with van der Waals surface area (Å²) in [6.07, 6.45) is 2.82. The highest BCUT2D eigenvalue weighted by atomic mass is 32.2. The summed E-state index contributed by atoms with van der Waals surface area (Å²) in [5.74, 6) is 0.492. The van der Waals surface area contributed by atoms with E-state index >= 15 is 0 Å². The van der Waals surface area contributed by atoms with E-state index in [2.05, 4.69) is 9.88 Å². The van der Waals surface area contributed by atoms with Gasteiger partial charge in [0.15, 0.2) is 9.84 Å². The maximum Gasteiger partial charge on any atom is 0.179 e. The molecule has 0 fully saturated rings. The Morgan fingerprint density at radius 1 is 0.955 bits per heavy atom. The molecule has 2 rings (SSSR count). The van der Waals surface area contributed by atoms with Crippen molar-refractivity contribution in [3.05, 3.63) is 48.7 Å². The van der Waals surface area contributed by atoms with E-state index < -0.39 is 9.84 Å². The molecule has 0 radical (unpaired) electrons. The van der Waals surface area contributed by atoms with Crippen LogP contribution < -0.4 is 9.80 Å². The normalized spacial score (nSPS) is 11.2. The lowest BCUT2D eigenvalue weighted by molar-refractivity contribution is 0.601. The predicted octanol–water partition coefficient (Wildman–Crippen LogP) is 2.06. The molecule has 1 heterocycles. The third kappa shape index (κ3) is 3.98. The van der Waals surface area contributed by atoms with E-state index in [4.69, 9.17) is 0 Å². The molecule has 6 heteroatoms. The molecule has 0 aliphatic carbocycles. The van der Waals surface area contributed by atoms with Gasteiger partial charge < -0.3 is 9.80 Å². The number of benzene rings is 1. The van der Waals surface area contributed by atoms with Crippen molar-refractivity contribution < 1.29 is 8.42 Å². The minimum atomic E-state index is -3.29. The maximum atomic E-state index is 11.8. The van der Waals surface area contributed by atoms with E-state index in [-0.39, 0.29) is 4.90 Å². The van der Waals surface area contributed by atoms with Gasteiger partial charge in [0.25, 0.3) is 0 Å². The van der Waals surface area contributed by atoms with Crippen molar-refractivity contribution in [2.75, 3.05) is 43.2 Å². The number of likely N-dealkylation sites (N-methyl/N-ethyl adjacent to an activating group) is 2. The van der Waals surface area contributed by atoms with E-state index in [0.717, 1.165) is 12.2 Å². The maximum absolute atomic E-state index is 11.8. The van der Waals surface area contributed by atoms with Gasteiger partial charge in [-0.05, 0) is 24.3 Å². The molecule has 0 amide bonds. The van der Waals surface area contributed by atoms with Crippen LogP contribution in [0.5, 0.6) is 0 Å². The van der Waals surface area contributed by atoms with Crippen LogP contribution in [0.4, 0.5) is 11.5 Å². The van der Waals surface area contributed by atoms with Crippen LogP contribution in [0.25, 0.3) is 0 Å². The van der Waals surface area contributed by atoms with E-state index in [0.29, 0.717) is 12.4 Å². The van der Waals surface area contributed by atoms with Crippen LogP contribution in [0.3, 0.4) is 0 Å². The lowest BCUT2D eigenvalue weighted by Crippen LogP contribution is -2.31. The van der Waals surface area contributed by atoms with Crippen LogP contribution in [0.1, 0.15) is 0 Å². The second kappa shape index (κ2) is 6.79. The fraction of sp³-hybridized carbons (Fsp3) is 0.312. The van der Waals surface area contributed by atoms with Crippen LogP contribution >= 0.6 is 0 Å². The van der Waals surface area contributed by atoms with Crippen LogP contribution in [0, 0.1) is 0 Å². The Kier molecular flexibility index (Phi) is 5.03. The summed E-state index contributed by atoms with van der Waals surface area (Å²) in [6, 6.07) is 13.3. The van der Waals surface area contributed by atoms with Crippen molar-refractivity contribution in [3.8, 4) is 0 Å². The number of pyridine rings is 1. The zero-order chi connectivity index (χ0) is 16.2. The quantitative estimate of drug-likeness (QED) is 0.816. The largest absolute Gasteiger partial charge is 0.373 e. The smallest absolute Gasteiger partial charge is 0.179 e. The van der Waals surface area contributed by atoms with Crippen molar-refractivity contribution >= 4 is 21.3 Å². The highest BCUT2D eigenvalue weighted by Crippen LogP contribution is 2.21. The van der Waals surface area contributed by atoms with E-state index in [1.807, 2.05) is 49.3 Å². The molecule has 0 aliphatic rings. The van der Waals surface area contributed by atoms with Crippen molar-refractivity contribution in [2.45, 2.75) is 4.90 Å². The highest BCUT2D eigenvalue weighted by Gasteiger charge is 2.17. The first-order valence-corrected chi connectivity index (χ1v) is 8.91. The Hall–Kier alpha value is -2.08. The molecule has 1 aromatic carbocycles. The van der Waals surface area contributed by atoms with Crippen LogP contribution in [0.15, 0.2) is 53.6 Å². The lowest BCUT2D eigenvalue weighted by atomic mass is 10.3. The van der Waals surface area contributed by atoms with Crippen molar-refractivity contribution in [2.24, 2.45) is 0 Å². The SMILES string of the molecule is CN(CCN(C)c1ncccc1S(C)(=O)=O)c1ccccc1. The van der Waals surface area contributed by atoms with Gasteiger partial charge in [-0.1, -0.05) is 18.2 Å². The molecule has 0 saturated heterocycles. The van der Waals surface area contributed by atoms with Gasteiger partial charge in [-0.3, -0.25) is 0 Å². The molecule has 2 aromatic rings. The van der Waals surface area contributed by atoms with Gasteiger partial charge in [0.2, 0.25) is 0 Å². The molecule has 0 atom stereocenters. The molecule has 0 spiro atoms. The molecule has 0 bridgehead atoms. The van der Waals surface area contributed by atoms with Gasteiger partial charge in [0.1, 0.15) is 10.7 Å². The Morgan fingerprint density at radius 3 is 2.23 bits per heavy atom. The summed E-state index contributed by atoms with van der Waals surface area (Å²) in [5.41, 5.74) is 1.13. The van der Waals surface area contributed by atoms with Crippen molar-refractivity contribution in [3.63, 3.8) is 0 Å². The molecule has 22 heavy (non-hydrogen) atoms. The zero-order valence-electron chi connectivity index (χ0n) is 13.1. The minimum absolute atomic E-state index is 0.264. The van der Waals surface area contributed by atoms with E-state index in [1.165, 1.54) is 6.26 Å². The first-order chi connectivity index (χ1) is 10.4. The molecule has 0 aliphatic heterocycles. The third-order valence-electron chi connectivity index (χ3n) is 3.48. The molecular weight excluding hydrogens is 298 g/mol. The summed E-state index contributed by atoms with van der Waals surface area (Å²) in [6.45, 7) is 1.44. The second-order valence-electron chi connectivity index (χ2n) is 5.28. The number of hydrogen-bond acceptors (Lipinski definition) is 5. The zero-order valence-corrected chi connectivity index (χ0v) is 13.9. The van der Waals surface area contributed by atoms with Gasteiger partial charge in [-0.15, -0.1) is 0 Å². The fourth-order valence-electron chi connectivity index (χ4n) is 2.18. The predicted molar refractivity (Wildman–Crippen MR) is 90.3 cm³/mol. The van der Waals surface area contributed by atoms with Crippen LogP contribution in [-0.2, 0) is 9.84 Å². The molecule has 118 valence electrons. The van der Waals surface area contributed by atoms with Gasteiger partial charge in [0, 0.05) is 45.3 Å². The van der Waals surface area contributed by atoms with E-state index in [1.54, 1.807) is 18.3 Å². The number of hydrogen-bond donors (Lipinski definition) is 0. The summed E-state index contributed by atoms with van der Waals surface area (Å²) in [4.78, 5) is 8.48. The average molecular weight is 319 g/mol. The average Bonchev–Trinajstić information content (AvgIpc) is 2.52. The standard InChI is InChI=1S/C16H21N3O2S/c1-18(14-8-5-4-6-9-14)12-13-19(2)16-15(22(3,20)21)10-7-11-17-16/h4-11H,12-13H2,1-3H3. The Bertz CT molecular complexity index is 717. The summed E-state index contributed by atoms with van der Waals surface area (Å²) in [7, 11) is 0.583. The second-order valence-corrected chi connectivity index (χ2v) is 7.26. The fourth-order valence-corrected chi connectivity index (χ4v) is 3.04. The summed E-state index contributed by atoms with van der Waals surface area (Å²) >= 11 is 0. The summed E-state index contributed by atoms with van der Waals surface area (Å²) in [5, 5.41) is 0. The van der Waals surface area contributed by atoms with Crippen molar-refractivity contribution in [1.82, 2.24) is 4.98 Å². The number of rotatable bonds is 6. The van der Waals surface area contributed by atoms with Gasteiger partial charge >= 0.3 is 0 Å². The number of aromatic nitrogens is 1. The van der Waals surface area contributed by atoms with Crippen molar-refractivity contribution in [1.29, 1.82) is 0 Å². The van der Waals surface area contributed by atoms with Crippen LogP contribution in [0.2, 0.25) is 0 Å². The number of nitrogens with zero attached hydrogens (tertiary/aromatic N) is 3. The first-order valence-electron chi connectivity index (χ1n) is 7.02. The monoisotopic (exact) mass is 319 g/mol. The highest BCUT2D eigenvalue weighted by molar-refractivity contribution is 7.90. The molecule has 0 unspecified atom stereocenters. The Labute approximate surface area is 132 Å². The molecular formula is C16H21N3O2S. The lowest BCUT2D eigenvalue weighted by Gasteiger charge is -2.25. The first kappa shape index (κ1) is 16.3. The topological polar surface area (TPSA) is 53.5 Å². The Balaban J connectivity index is 2.09. The van der Waals surface area contributed by atoms with Gasteiger partial charge in [-0.2, -0.15) is 0 Å². The summed E-state index contributed by atoms with van der Waals surface area (Å²) < 4.78 is 23.7. The van der Waals surface area contributed by atoms with E-state index in [9.17, 15) is 8.42 Å². The van der Waals surface area contributed by atoms with Crippen LogP contribution in [-0.4, -0.2) is 46.8 Å². The minimum Gasteiger partial charge on any atom is -0.373 e. The third-order valence-corrected chi connectivity index (χ3v) is 4.60. The Morgan fingerprint density at radius 2 is 1.59 bits per heavy atom. The van der Waals surface area contributed by atoms with Gasteiger partial charge in [-0.25, -0.2) is 13.4 Å².